The van der Waals surface area contributed by atoms with Crippen LogP contribution >= 0.6 is 0 Å². The molecule has 0 aromatic carbocycles. The van der Waals surface area contributed by atoms with Crippen molar-refractivity contribution in [1.82, 2.24) is 5.32 Å². The molecule has 1 heterocycles. The van der Waals surface area contributed by atoms with Crippen LogP contribution in [0.4, 0.5) is 0 Å². The quantitative estimate of drug-likeness (QED) is 0.671. The minimum Gasteiger partial charge on any atom is -0.381 e. The number of rotatable bonds is 4. The fourth-order valence-corrected chi connectivity index (χ4v) is 1.58. The molecule has 3 N–H and O–H groups in total. The molecule has 1 rings (SSSR count). The van der Waals surface area contributed by atoms with Crippen molar-refractivity contribution < 1.29 is 14.3 Å². The maximum atomic E-state index is 11.7. The number of primary amides is 1. The molecular weight excluding hydrogens is 196 g/mol. The highest BCUT2D eigenvalue weighted by atomic mass is 16.5. The number of hydrogen-bond acceptors (Lipinski definition) is 3. The van der Waals surface area contributed by atoms with Crippen LogP contribution in [-0.4, -0.2) is 31.1 Å². The Kier molecular flexibility index (Phi) is 4.08. The average Bonchev–Trinajstić information content (AvgIpc) is 2.65. The molecule has 1 saturated heterocycles. The van der Waals surface area contributed by atoms with Crippen molar-refractivity contribution in [1.29, 1.82) is 0 Å². The second kappa shape index (κ2) is 5.11. The highest BCUT2D eigenvalue weighted by molar-refractivity contribution is 5.87. The molecule has 0 radical (unpaired) electrons. The Hall–Kier alpha value is -1.10. The van der Waals surface area contributed by atoms with Crippen molar-refractivity contribution >= 4 is 11.8 Å². The monoisotopic (exact) mass is 214 g/mol. The molecule has 0 spiro atoms. The van der Waals surface area contributed by atoms with Gasteiger partial charge in [-0.25, -0.2) is 0 Å². The summed E-state index contributed by atoms with van der Waals surface area (Å²) in [5, 5.41) is 2.66. The molecule has 0 saturated carbocycles. The largest absolute Gasteiger partial charge is 0.381 e. The van der Waals surface area contributed by atoms with E-state index in [0.717, 1.165) is 6.42 Å². The van der Waals surface area contributed by atoms with E-state index in [2.05, 4.69) is 5.32 Å². The molecule has 1 aliphatic heterocycles. The van der Waals surface area contributed by atoms with Crippen molar-refractivity contribution in [2.45, 2.75) is 26.3 Å². The van der Waals surface area contributed by atoms with Crippen molar-refractivity contribution in [3.8, 4) is 0 Å². The SMILES string of the molecule is CC(C)[C@H](NC(=O)[C@@H]1CCOC1)C(N)=O. The number of nitrogens with two attached hydrogens (primary N) is 1. The van der Waals surface area contributed by atoms with E-state index in [0.29, 0.717) is 13.2 Å². The molecule has 2 amide bonds. The molecule has 1 aliphatic rings. The Morgan fingerprint density at radius 3 is 2.53 bits per heavy atom. The van der Waals surface area contributed by atoms with Gasteiger partial charge < -0.3 is 15.8 Å². The Morgan fingerprint density at radius 2 is 2.13 bits per heavy atom. The van der Waals surface area contributed by atoms with E-state index < -0.39 is 11.9 Å². The molecule has 5 nitrogen and oxygen atoms in total. The summed E-state index contributed by atoms with van der Waals surface area (Å²) in [6.45, 7) is 4.75. The lowest BCUT2D eigenvalue weighted by molar-refractivity contribution is -0.130. The molecule has 86 valence electrons. The van der Waals surface area contributed by atoms with Crippen LogP contribution in [0.25, 0.3) is 0 Å². The predicted molar refractivity (Wildman–Crippen MR) is 54.9 cm³/mol. The second-order valence-electron chi connectivity index (χ2n) is 4.19. The molecule has 0 aromatic rings. The van der Waals surface area contributed by atoms with Crippen molar-refractivity contribution in [3.05, 3.63) is 0 Å². The van der Waals surface area contributed by atoms with Gasteiger partial charge in [0.1, 0.15) is 6.04 Å². The average molecular weight is 214 g/mol. The lowest BCUT2D eigenvalue weighted by atomic mass is 10.0. The van der Waals surface area contributed by atoms with E-state index in [4.69, 9.17) is 10.5 Å². The summed E-state index contributed by atoms with van der Waals surface area (Å²) >= 11 is 0. The first kappa shape index (κ1) is 12.0. The van der Waals surface area contributed by atoms with E-state index >= 15 is 0 Å². The minimum absolute atomic E-state index is 0.00812. The van der Waals surface area contributed by atoms with Crippen LogP contribution in [0, 0.1) is 11.8 Å². The van der Waals surface area contributed by atoms with Gasteiger partial charge in [0.2, 0.25) is 11.8 Å². The van der Waals surface area contributed by atoms with Gasteiger partial charge in [-0.3, -0.25) is 9.59 Å². The number of amides is 2. The van der Waals surface area contributed by atoms with E-state index in [1.54, 1.807) is 0 Å². The summed E-state index contributed by atoms with van der Waals surface area (Å²) in [5.74, 6) is -0.748. The number of hydrogen-bond donors (Lipinski definition) is 2. The highest BCUT2D eigenvalue weighted by Gasteiger charge is 2.28. The Balaban J connectivity index is 2.50. The van der Waals surface area contributed by atoms with Crippen molar-refractivity contribution in [2.24, 2.45) is 17.6 Å². The molecule has 0 bridgehead atoms. The zero-order valence-corrected chi connectivity index (χ0v) is 9.16. The van der Waals surface area contributed by atoms with Crippen LogP contribution in [0.15, 0.2) is 0 Å². The van der Waals surface area contributed by atoms with Gasteiger partial charge in [-0.2, -0.15) is 0 Å². The highest BCUT2D eigenvalue weighted by Crippen LogP contribution is 2.13. The predicted octanol–water partition coefficient (Wildman–Crippen LogP) is -0.351. The number of carbonyl (C=O) groups is 2. The topological polar surface area (TPSA) is 81.4 Å². The van der Waals surface area contributed by atoms with Crippen LogP contribution in [-0.2, 0) is 14.3 Å². The summed E-state index contributed by atoms with van der Waals surface area (Å²) in [5.41, 5.74) is 5.20. The number of carbonyl (C=O) groups excluding carboxylic acids is 2. The van der Waals surface area contributed by atoms with Gasteiger partial charge in [-0.05, 0) is 12.3 Å². The fraction of sp³-hybridized carbons (Fsp3) is 0.800. The summed E-state index contributed by atoms with van der Waals surface area (Å²) in [4.78, 5) is 22.7. The van der Waals surface area contributed by atoms with E-state index in [1.165, 1.54) is 0 Å². The van der Waals surface area contributed by atoms with Crippen molar-refractivity contribution in [3.63, 3.8) is 0 Å². The fourth-order valence-electron chi connectivity index (χ4n) is 1.58. The maximum Gasteiger partial charge on any atom is 0.240 e. The molecule has 1 fully saturated rings. The van der Waals surface area contributed by atoms with Gasteiger partial charge in [0.05, 0.1) is 12.5 Å². The third-order valence-corrected chi connectivity index (χ3v) is 2.57. The Morgan fingerprint density at radius 1 is 1.47 bits per heavy atom. The second-order valence-corrected chi connectivity index (χ2v) is 4.19. The summed E-state index contributed by atoms with van der Waals surface area (Å²) in [6.07, 6.45) is 0.718. The van der Waals surface area contributed by atoms with Crippen molar-refractivity contribution in [2.75, 3.05) is 13.2 Å². The van der Waals surface area contributed by atoms with Gasteiger partial charge in [0.25, 0.3) is 0 Å². The third-order valence-electron chi connectivity index (χ3n) is 2.57. The zero-order chi connectivity index (χ0) is 11.4. The van der Waals surface area contributed by atoms with E-state index in [-0.39, 0.29) is 17.7 Å². The first-order chi connectivity index (χ1) is 7.02. The van der Waals surface area contributed by atoms with E-state index in [9.17, 15) is 9.59 Å². The third kappa shape index (κ3) is 3.20. The lowest BCUT2D eigenvalue weighted by Crippen LogP contribution is -2.49. The van der Waals surface area contributed by atoms with E-state index in [1.807, 2.05) is 13.8 Å². The van der Waals surface area contributed by atoms with Gasteiger partial charge in [-0.15, -0.1) is 0 Å². The molecule has 2 atom stereocenters. The van der Waals surface area contributed by atoms with Crippen LogP contribution < -0.4 is 11.1 Å². The van der Waals surface area contributed by atoms with Crippen LogP contribution in [0.2, 0.25) is 0 Å². The lowest BCUT2D eigenvalue weighted by Gasteiger charge is -2.20. The summed E-state index contributed by atoms with van der Waals surface area (Å²) in [7, 11) is 0. The molecule has 15 heavy (non-hydrogen) atoms. The minimum atomic E-state index is -0.585. The number of nitrogens with one attached hydrogen (secondary N) is 1. The maximum absolute atomic E-state index is 11.7. The first-order valence-electron chi connectivity index (χ1n) is 5.19. The van der Waals surface area contributed by atoms with Gasteiger partial charge >= 0.3 is 0 Å². The molecular formula is C10H18N2O3. The zero-order valence-electron chi connectivity index (χ0n) is 9.16. The molecule has 5 heteroatoms. The Bertz CT molecular complexity index is 247. The standard InChI is InChI=1S/C10H18N2O3/c1-6(2)8(9(11)13)12-10(14)7-3-4-15-5-7/h6-8H,3-5H2,1-2H3,(H2,11,13)(H,12,14)/t7-,8+/m1/s1. The number of ether oxygens (including phenoxy) is 1. The normalized spacial score (nSPS) is 22.7. The molecule has 0 unspecified atom stereocenters. The molecule has 0 aromatic heterocycles. The smallest absolute Gasteiger partial charge is 0.240 e. The summed E-state index contributed by atoms with van der Waals surface area (Å²) in [6, 6.07) is -0.585. The van der Waals surface area contributed by atoms with Crippen LogP contribution in [0.3, 0.4) is 0 Å². The van der Waals surface area contributed by atoms with Crippen LogP contribution in [0.5, 0.6) is 0 Å². The summed E-state index contributed by atoms with van der Waals surface area (Å²) < 4.78 is 5.10. The first-order valence-corrected chi connectivity index (χ1v) is 5.19. The van der Waals surface area contributed by atoms with Gasteiger partial charge in [0, 0.05) is 6.61 Å². The van der Waals surface area contributed by atoms with Crippen LogP contribution in [0.1, 0.15) is 20.3 Å². The Labute approximate surface area is 89.3 Å². The molecule has 0 aliphatic carbocycles. The van der Waals surface area contributed by atoms with Gasteiger partial charge in [0.15, 0.2) is 0 Å². The van der Waals surface area contributed by atoms with Gasteiger partial charge in [-0.1, -0.05) is 13.8 Å².